The van der Waals surface area contributed by atoms with Crippen LogP contribution in [0.4, 0.5) is 0 Å². The second-order valence-corrected chi connectivity index (χ2v) is 7.28. The Labute approximate surface area is 126 Å². The van der Waals surface area contributed by atoms with Gasteiger partial charge in [-0.15, -0.1) is 0 Å². The lowest BCUT2D eigenvalue weighted by molar-refractivity contribution is 0.267. The van der Waals surface area contributed by atoms with Gasteiger partial charge in [-0.05, 0) is 51.4 Å². The lowest BCUT2D eigenvalue weighted by Crippen LogP contribution is -2.42. The number of hydrogen-bond acceptors (Lipinski definition) is 2. The molecule has 0 aliphatic heterocycles. The Morgan fingerprint density at radius 3 is 1.35 bits per heavy atom. The molecule has 0 amide bonds. The van der Waals surface area contributed by atoms with E-state index in [0.717, 1.165) is 24.9 Å². The van der Waals surface area contributed by atoms with Gasteiger partial charge in [0.15, 0.2) is 0 Å². The van der Waals surface area contributed by atoms with Crippen molar-refractivity contribution >= 4 is 0 Å². The maximum absolute atomic E-state index is 3.75. The molecule has 0 saturated heterocycles. The third-order valence-electron chi connectivity index (χ3n) is 5.77. The average molecular weight is 280 g/mol. The molecule has 2 N–H and O–H groups in total. The molecule has 2 saturated carbocycles. The summed E-state index contributed by atoms with van der Waals surface area (Å²) >= 11 is 0. The first kappa shape index (κ1) is 16.3. The smallest absolute Gasteiger partial charge is 0.00794 e. The Morgan fingerprint density at radius 1 is 0.650 bits per heavy atom. The maximum Gasteiger partial charge on any atom is 0.00794 e. The highest BCUT2D eigenvalue weighted by Gasteiger charge is 2.21. The molecule has 20 heavy (non-hydrogen) atoms. The van der Waals surface area contributed by atoms with Gasteiger partial charge in [0.1, 0.15) is 0 Å². The van der Waals surface area contributed by atoms with Crippen LogP contribution in [0.5, 0.6) is 0 Å². The van der Waals surface area contributed by atoms with Crippen molar-refractivity contribution in [2.75, 3.05) is 13.1 Å². The summed E-state index contributed by atoms with van der Waals surface area (Å²) in [5.74, 6) is 1.86. The normalized spacial score (nSPS) is 25.5. The van der Waals surface area contributed by atoms with Gasteiger partial charge in [-0.2, -0.15) is 0 Å². The molecule has 2 atom stereocenters. The first-order valence-corrected chi connectivity index (χ1v) is 9.24. The minimum atomic E-state index is 0.710. The van der Waals surface area contributed by atoms with Crippen LogP contribution in [-0.2, 0) is 0 Å². The van der Waals surface area contributed by atoms with Gasteiger partial charge in [0, 0.05) is 25.2 Å². The Bertz CT molecular complexity index is 216. The highest BCUT2D eigenvalue weighted by atomic mass is 15.0. The van der Waals surface area contributed by atoms with Crippen LogP contribution in [0.2, 0.25) is 0 Å². The maximum atomic E-state index is 3.75. The molecule has 2 aliphatic carbocycles. The van der Waals surface area contributed by atoms with Crippen LogP contribution in [0, 0.1) is 11.8 Å². The topological polar surface area (TPSA) is 24.1 Å². The molecule has 0 aromatic carbocycles. The first-order chi connectivity index (χ1) is 9.77. The van der Waals surface area contributed by atoms with Crippen LogP contribution in [0.3, 0.4) is 0 Å². The summed E-state index contributed by atoms with van der Waals surface area (Å²) in [5, 5.41) is 7.50. The summed E-state index contributed by atoms with van der Waals surface area (Å²) in [6.07, 6.45) is 14.5. The van der Waals surface area contributed by atoms with Crippen LogP contribution in [-0.4, -0.2) is 25.2 Å². The molecule has 2 aliphatic rings. The van der Waals surface area contributed by atoms with E-state index < -0.39 is 0 Å². The fourth-order valence-electron chi connectivity index (χ4n) is 4.20. The van der Waals surface area contributed by atoms with Gasteiger partial charge in [-0.25, -0.2) is 0 Å². The van der Waals surface area contributed by atoms with Gasteiger partial charge in [0.2, 0.25) is 0 Å². The average Bonchev–Trinajstić information content (AvgIpc) is 2.53. The van der Waals surface area contributed by atoms with Crippen LogP contribution in [0.15, 0.2) is 0 Å². The van der Waals surface area contributed by atoms with E-state index >= 15 is 0 Å². The highest BCUT2D eigenvalue weighted by molar-refractivity contribution is 4.78. The molecule has 0 aromatic heterocycles. The van der Waals surface area contributed by atoms with Crippen molar-refractivity contribution in [3.8, 4) is 0 Å². The van der Waals surface area contributed by atoms with Crippen molar-refractivity contribution < 1.29 is 0 Å². The summed E-state index contributed by atoms with van der Waals surface area (Å²) in [7, 11) is 0. The fourth-order valence-corrected chi connectivity index (χ4v) is 4.20. The standard InChI is InChI=1S/C18H36N2/c1-15(17-9-5-3-6-10-17)19-13-14-20-16(2)18-11-7-4-8-12-18/h15-20H,3-14H2,1-2H3/t15-,16-/m1/s1. The molecule has 118 valence electrons. The van der Waals surface area contributed by atoms with E-state index in [4.69, 9.17) is 0 Å². The lowest BCUT2D eigenvalue weighted by atomic mass is 9.84. The summed E-state index contributed by atoms with van der Waals surface area (Å²) in [6.45, 7) is 7.05. The first-order valence-electron chi connectivity index (χ1n) is 9.24. The fraction of sp³-hybridized carbons (Fsp3) is 1.00. The predicted octanol–water partition coefficient (Wildman–Crippen LogP) is 4.10. The molecule has 0 radical (unpaired) electrons. The molecule has 0 unspecified atom stereocenters. The van der Waals surface area contributed by atoms with E-state index in [0.29, 0.717) is 12.1 Å². The van der Waals surface area contributed by atoms with E-state index in [-0.39, 0.29) is 0 Å². The third kappa shape index (κ3) is 5.37. The zero-order valence-corrected chi connectivity index (χ0v) is 13.8. The predicted molar refractivity (Wildman–Crippen MR) is 88.1 cm³/mol. The van der Waals surface area contributed by atoms with Crippen LogP contribution in [0.25, 0.3) is 0 Å². The van der Waals surface area contributed by atoms with Crippen molar-refractivity contribution in [1.82, 2.24) is 10.6 Å². The summed E-state index contributed by atoms with van der Waals surface area (Å²) < 4.78 is 0. The van der Waals surface area contributed by atoms with E-state index in [1.807, 2.05) is 0 Å². The molecule has 2 rings (SSSR count). The van der Waals surface area contributed by atoms with Crippen molar-refractivity contribution in [2.45, 2.75) is 90.1 Å². The van der Waals surface area contributed by atoms with Crippen molar-refractivity contribution in [2.24, 2.45) is 11.8 Å². The van der Waals surface area contributed by atoms with E-state index in [2.05, 4.69) is 24.5 Å². The molecule has 2 nitrogen and oxygen atoms in total. The van der Waals surface area contributed by atoms with Gasteiger partial charge < -0.3 is 10.6 Å². The Hall–Kier alpha value is -0.0800. The summed E-state index contributed by atoms with van der Waals surface area (Å²) in [6, 6.07) is 1.42. The quantitative estimate of drug-likeness (QED) is 0.686. The van der Waals surface area contributed by atoms with Crippen LogP contribution < -0.4 is 10.6 Å². The van der Waals surface area contributed by atoms with Crippen LogP contribution >= 0.6 is 0 Å². The highest BCUT2D eigenvalue weighted by Crippen LogP contribution is 2.27. The van der Waals surface area contributed by atoms with Gasteiger partial charge in [0.05, 0.1) is 0 Å². The molecule has 0 bridgehead atoms. The summed E-state index contributed by atoms with van der Waals surface area (Å²) in [5.41, 5.74) is 0. The molecule has 2 heteroatoms. The molecule has 2 fully saturated rings. The zero-order valence-electron chi connectivity index (χ0n) is 13.8. The number of nitrogens with one attached hydrogen (secondary N) is 2. The molecule has 0 heterocycles. The second-order valence-electron chi connectivity index (χ2n) is 7.28. The Kier molecular flexibility index (Phi) is 7.37. The monoisotopic (exact) mass is 280 g/mol. The Morgan fingerprint density at radius 2 is 1.00 bits per heavy atom. The van der Waals surface area contributed by atoms with Gasteiger partial charge in [-0.1, -0.05) is 38.5 Å². The number of hydrogen-bond donors (Lipinski definition) is 2. The minimum absolute atomic E-state index is 0.710. The SMILES string of the molecule is C[C@@H](NCCN[C@H](C)C1CCCCC1)C1CCCCC1. The largest absolute Gasteiger partial charge is 0.313 e. The molecule has 0 aromatic rings. The van der Waals surface area contributed by atoms with Gasteiger partial charge in [-0.3, -0.25) is 0 Å². The van der Waals surface area contributed by atoms with Crippen molar-refractivity contribution in [3.63, 3.8) is 0 Å². The van der Waals surface area contributed by atoms with Crippen LogP contribution in [0.1, 0.15) is 78.1 Å². The van der Waals surface area contributed by atoms with E-state index in [1.165, 1.54) is 64.2 Å². The van der Waals surface area contributed by atoms with Gasteiger partial charge >= 0.3 is 0 Å². The minimum Gasteiger partial charge on any atom is -0.313 e. The van der Waals surface area contributed by atoms with Crippen molar-refractivity contribution in [1.29, 1.82) is 0 Å². The van der Waals surface area contributed by atoms with E-state index in [1.54, 1.807) is 0 Å². The van der Waals surface area contributed by atoms with Gasteiger partial charge in [0.25, 0.3) is 0 Å². The third-order valence-corrected chi connectivity index (χ3v) is 5.77. The molecular weight excluding hydrogens is 244 g/mol. The van der Waals surface area contributed by atoms with Crippen molar-refractivity contribution in [3.05, 3.63) is 0 Å². The Balaban J connectivity index is 1.53. The number of rotatable bonds is 7. The molecular formula is C18H36N2. The van der Waals surface area contributed by atoms with E-state index in [9.17, 15) is 0 Å². The summed E-state index contributed by atoms with van der Waals surface area (Å²) in [4.78, 5) is 0. The lowest BCUT2D eigenvalue weighted by Gasteiger charge is -2.30. The second kappa shape index (κ2) is 9.04. The zero-order chi connectivity index (χ0) is 14.2. The molecule has 0 spiro atoms.